The number of likely N-dealkylation sites (tertiary alicyclic amines) is 1. The number of carbonyl (C=O) groups is 2. The summed E-state index contributed by atoms with van der Waals surface area (Å²) < 4.78 is 33.4. The van der Waals surface area contributed by atoms with Crippen LogP contribution in [0.3, 0.4) is 0 Å². The second-order valence-corrected chi connectivity index (χ2v) is 11.7. The van der Waals surface area contributed by atoms with Gasteiger partial charge in [0.15, 0.2) is 0 Å². The number of nitrogens with zero attached hydrogens (tertiary/aromatic N) is 2. The van der Waals surface area contributed by atoms with Crippen molar-refractivity contribution in [1.29, 1.82) is 0 Å². The molecule has 2 amide bonds. The van der Waals surface area contributed by atoms with E-state index in [-0.39, 0.29) is 28.9 Å². The van der Waals surface area contributed by atoms with Crippen LogP contribution in [0, 0.1) is 0 Å². The predicted octanol–water partition coefficient (Wildman–Crippen LogP) is 4.39. The van der Waals surface area contributed by atoms with E-state index in [9.17, 15) is 18.0 Å². The lowest BCUT2D eigenvalue weighted by molar-refractivity contribution is -0.129. The Bertz CT molecular complexity index is 1390. The van der Waals surface area contributed by atoms with Crippen LogP contribution in [0.1, 0.15) is 24.0 Å². The highest BCUT2D eigenvalue weighted by Gasteiger charge is 2.27. The molecule has 0 spiro atoms. The van der Waals surface area contributed by atoms with Crippen molar-refractivity contribution in [2.45, 2.75) is 30.6 Å². The maximum absolute atomic E-state index is 13.6. The van der Waals surface area contributed by atoms with Crippen LogP contribution >= 0.6 is 11.6 Å². The van der Waals surface area contributed by atoms with Gasteiger partial charge in [-0.15, -0.1) is 0 Å². The molecule has 3 aromatic carbocycles. The molecule has 0 saturated carbocycles. The van der Waals surface area contributed by atoms with Crippen molar-refractivity contribution in [2.24, 2.45) is 0 Å². The molecule has 0 aromatic heterocycles. The summed E-state index contributed by atoms with van der Waals surface area (Å²) in [4.78, 5) is 27.2. The van der Waals surface area contributed by atoms with E-state index in [2.05, 4.69) is 5.32 Å². The van der Waals surface area contributed by atoms with Gasteiger partial charge in [0.25, 0.3) is 0 Å². The Morgan fingerprint density at radius 3 is 2.31 bits per heavy atom. The highest BCUT2D eigenvalue weighted by atomic mass is 35.5. The minimum Gasteiger partial charge on any atom is -0.495 e. The lowest BCUT2D eigenvalue weighted by Crippen LogP contribution is -2.39. The molecule has 8 nitrogen and oxygen atoms in total. The number of sulfonamides is 1. The Morgan fingerprint density at radius 2 is 1.67 bits per heavy atom. The van der Waals surface area contributed by atoms with E-state index in [0.717, 1.165) is 41.4 Å². The maximum atomic E-state index is 13.6. The van der Waals surface area contributed by atoms with Crippen molar-refractivity contribution in [3.05, 3.63) is 88.9 Å². The van der Waals surface area contributed by atoms with Crippen LogP contribution in [0.2, 0.25) is 5.02 Å². The van der Waals surface area contributed by atoms with Gasteiger partial charge in [-0.25, -0.2) is 8.42 Å². The SMILES string of the molecule is COc1ccc(S(=O)(=O)N(CCc2ccccc2)CC(=O)Nc2ccc(CC(=O)N3CCCC3)cc2)cc1Cl. The van der Waals surface area contributed by atoms with Gasteiger partial charge in [-0.05, 0) is 60.7 Å². The van der Waals surface area contributed by atoms with Crippen molar-refractivity contribution >= 4 is 39.1 Å². The van der Waals surface area contributed by atoms with Crippen LogP contribution in [0.5, 0.6) is 5.75 Å². The number of nitrogens with one attached hydrogen (secondary N) is 1. The van der Waals surface area contributed by atoms with E-state index < -0.39 is 15.9 Å². The first-order valence-corrected chi connectivity index (χ1v) is 14.6. The standard InChI is InChI=1S/C29H32ClN3O5S/c1-38-27-14-13-25(20-26(27)30)39(36,37)33(18-15-22-7-3-2-4-8-22)21-28(34)31-24-11-9-23(10-12-24)19-29(35)32-16-5-6-17-32/h2-4,7-14,20H,5-6,15-19,21H2,1H3,(H,31,34). The average molecular weight is 570 g/mol. The van der Waals surface area contributed by atoms with Gasteiger partial charge in [-0.1, -0.05) is 54.1 Å². The van der Waals surface area contributed by atoms with Crippen LogP contribution < -0.4 is 10.1 Å². The molecule has 0 aliphatic carbocycles. The predicted molar refractivity (Wildman–Crippen MR) is 151 cm³/mol. The van der Waals surface area contributed by atoms with Gasteiger partial charge >= 0.3 is 0 Å². The van der Waals surface area contributed by atoms with Crippen molar-refractivity contribution in [3.63, 3.8) is 0 Å². The Kier molecular flexibility index (Phi) is 9.61. The van der Waals surface area contributed by atoms with E-state index in [1.54, 1.807) is 24.3 Å². The molecule has 1 N–H and O–H groups in total. The van der Waals surface area contributed by atoms with Crippen molar-refractivity contribution in [2.75, 3.05) is 38.6 Å². The fourth-order valence-electron chi connectivity index (χ4n) is 4.46. The largest absolute Gasteiger partial charge is 0.495 e. The van der Waals surface area contributed by atoms with E-state index >= 15 is 0 Å². The number of benzene rings is 3. The molecule has 0 atom stereocenters. The lowest BCUT2D eigenvalue weighted by atomic mass is 10.1. The molecule has 39 heavy (non-hydrogen) atoms. The summed E-state index contributed by atoms with van der Waals surface area (Å²) in [5.74, 6) is -0.0240. The topological polar surface area (TPSA) is 96.0 Å². The van der Waals surface area contributed by atoms with Gasteiger partial charge < -0.3 is 15.0 Å². The normalized spacial score (nSPS) is 13.5. The number of hydrogen-bond donors (Lipinski definition) is 1. The monoisotopic (exact) mass is 569 g/mol. The fourth-order valence-corrected chi connectivity index (χ4v) is 6.21. The summed E-state index contributed by atoms with van der Waals surface area (Å²) in [7, 11) is -2.60. The van der Waals surface area contributed by atoms with E-state index in [1.165, 1.54) is 25.3 Å². The molecule has 0 bridgehead atoms. The van der Waals surface area contributed by atoms with E-state index in [0.29, 0.717) is 24.3 Å². The molecule has 206 valence electrons. The van der Waals surface area contributed by atoms with Crippen molar-refractivity contribution < 1.29 is 22.7 Å². The number of ether oxygens (including phenoxy) is 1. The number of anilines is 1. The summed E-state index contributed by atoms with van der Waals surface area (Å²) in [6.45, 7) is 1.33. The number of rotatable bonds is 11. The second kappa shape index (κ2) is 13.1. The molecule has 0 radical (unpaired) electrons. The summed E-state index contributed by atoms with van der Waals surface area (Å²) in [5.41, 5.74) is 2.32. The van der Waals surface area contributed by atoms with Crippen molar-refractivity contribution in [1.82, 2.24) is 9.21 Å². The van der Waals surface area contributed by atoms with Gasteiger partial charge in [0.1, 0.15) is 5.75 Å². The molecule has 0 unspecified atom stereocenters. The number of halogens is 1. The minimum absolute atomic E-state index is 0.0267. The van der Waals surface area contributed by atoms with E-state index in [4.69, 9.17) is 16.3 Å². The fraction of sp³-hybridized carbons (Fsp3) is 0.310. The molecular formula is C29H32ClN3O5S. The van der Waals surface area contributed by atoms with Gasteiger partial charge in [-0.2, -0.15) is 4.31 Å². The number of hydrogen-bond acceptors (Lipinski definition) is 5. The molecule has 10 heteroatoms. The zero-order valence-electron chi connectivity index (χ0n) is 21.8. The number of amides is 2. The third kappa shape index (κ3) is 7.59. The number of carbonyl (C=O) groups excluding carboxylic acids is 2. The molecule has 1 fully saturated rings. The quantitative estimate of drug-likeness (QED) is 0.370. The minimum atomic E-state index is -4.04. The third-order valence-electron chi connectivity index (χ3n) is 6.63. The van der Waals surface area contributed by atoms with Crippen LogP contribution in [-0.2, 0) is 32.5 Å². The molecule has 1 aliphatic heterocycles. The van der Waals surface area contributed by atoms with Gasteiger partial charge in [0.05, 0.1) is 30.0 Å². The first kappa shape index (κ1) is 28.6. The summed E-state index contributed by atoms with van der Waals surface area (Å²) in [5, 5.41) is 2.93. The van der Waals surface area contributed by atoms with Gasteiger partial charge in [0, 0.05) is 25.3 Å². The zero-order chi connectivity index (χ0) is 27.8. The highest BCUT2D eigenvalue weighted by molar-refractivity contribution is 7.89. The van der Waals surface area contributed by atoms with Gasteiger partial charge in [0.2, 0.25) is 21.8 Å². The number of methoxy groups -OCH3 is 1. The Balaban J connectivity index is 1.45. The molecular weight excluding hydrogens is 538 g/mol. The summed E-state index contributed by atoms with van der Waals surface area (Å²) in [6, 6.07) is 20.7. The van der Waals surface area contributed by atoms with Crippen LogP contribution in [0.4, 0.5) is 5.69 Å². The smallest absolute Gasteiger partial charge is 0.243 e. The zero-order valence-corrected chi connectivity index (χ0v) is 23.4. The molecule has 3 aromatic rings. The third-order valence-corrected chi connectivity index (χ3v) is 8.76. The Hall–Kier alpha value is -3.40. The first-order valence-electron chi connectivity index (χ1n) is 12.8. The van der Waals surface area contributed by atoms with Crippen LogP contribution in [0.25, 0.3) is 0 Å². The van der Waals surface area contributed by atoms with Crippen LogP contribution in [-0.4, -0.2) is 62.7 Å². The first-order chi connectivity index (χ1) is 18.8. The van der Waals surface area contributed by atoms with Gasteiger partial charge in [-0.3, -0.25) is 9.59 Å². The summed E-state index contributed by atoms with van der Waals surface area (Å²) >= 11 is 6.20. The van der Waals surface area contributed by atoms with Crippen molar-refractivity contribution in [3.8, 4) is 5.75 Å². The Labute approximate surface area is 234 Å². The molecule has 1 aliphatic rings. The lowest BCUT2D eigenvalue weighted by Gasteiger charge is -2.22. The Morgan fingerprint density at radius 1 is 0.974 bits per heavy atom. The average Bonchev–Trinajstić information content (AvgIpc) is 3.48. The maximum Gasteiger partial charge on any atom is 0.243 e. The molecule has 1 heterocycles. The summed E-state index contributed by atoms with van der Waals surface area (Å²) in [6.07, 6.45) is 2.82. The van der Waals surface area contributed by atoms with E-state index in [1.807, 2.05) is 35.2 Å². The molecule has 4 rings (SSSR count). The second-order valence-electron chi connectivity index (χ2n) is 9.38. The highest BCUT2D eigenvalue weighted by Crippen LogP contribution is 2.28. The van der Waals surface area contributed by atoms with Crippen LogP contribution in [0.15, 0.2) is 77.7 Å². The molecule has 1 saturated heterocycles.